The molecule has 2 unspecified atom stereocenters. The van der Waals surface area contributed by atoms with Gasteiger partial charge >= 0.3 is 0 Å². The van der Waals surface area contributed by atoms with Gasteiger partial charge < -0.3 is 14.6 Å². The zero-order valence-electron chi connectivity index (χ0n) is 13.6. The van der Waals surface area contributed by atoms with Crippen LogP contribution in [0.2, 0.25) is 0 Å². The number of benzene rings is 2. The minimum absolute atomic E-state index is 0.176. The molecule has 0 radical (unpaired) electrons. The molecular formula is C20H23FO3. The van der Waals surface area contributed by atoms with Crippen molar-refractivity contribution in [3.05, 3.63) is 71.8 Å². The summed E-state index contributed by atoms with van der Waals surface area (Å²) in [4.78, 5) is 0. The summed E-state index contributed by atoms with van der Waals surface area (Å²) in [5.74, 6) is -0.399. The fourth-order valence-electron chi connectivity index (χ4n) is 3.08. The lowest BCUT2D eigenvalue weighted by atomic mass is 10.1. The van der Waals surface area contributed by atoms with Crippen molar-refractivity contribution in [2.75, 3.05) is 19.8 Å². The summed E-state index contributed by atoms with van der Waals surface area (Å²) in [6.07, 6.45) is -1.07. The monoisotopic (exact) mass is 330 g/mol. The molecule has 1 aliphatic carbocycles. The van der Waals surface area contributed by atoms with Gasteiger partial charge in [0.15, 0.2) is 0 Å². The van der Waals surface area contributed by atoms with Gasteiger partial charge in [-0.1, -0.05) is 60.7 Å². The highest BCUT2D eigenvalue weighted by Crippen LogP contribution is 2.55. The van der Waals surface area contributed by atoms with Gasteiger partial charge in [-0.25, -0.2) is 4.39 Å². The number of rotatable bonds is 9. The molecule has 0 heterocycles. The number of halogens is 1. The molecule has 0 aromatic heterocycles. The lowest BCUT2D eigenvalue weighted by Gasteiger charge is -2.17. The summed E-state index contributed by atoms with van der Waals surface area (Å²) in [6.45, 7) is 1.20. The van der Waals surface area contributed by atoms with Gasteiger partial charge in [-0.2, -0.15) is 0 Å². The van der Waals surface area contributed by atoms with Gasteiger partial charge in [0, 0.05) is 12.5 Å². The molecule has 4 heteroatoms. The maximum absolute atomic E-state index is 14.2. The molecule has 2 aromatic carbocycles. The molecule has 1 fully saturated rings. The Bertz CT molecular complexity index is 572. The number of hydrogen-bond acceptors (Lipinski definition) is 3. The van der Waals surface area contributed by atoms with Crippen LogP contribution < -0.4 is 0 Å². The molecule has 24 heavy (non-hydrogen) atoms. The molecule has 3 nitrogen and oxygen atoms in total. The van der Waals surface area contributed by atoms with E-state index in [1.54, 1.807) is 0 Å². The topological polar surface area (TPSA) is 38.7 Å². The van der Waals surface area contributed by atoms with Crippen molar-refractivity contribution < 1.29 is 19.0 Å². The predicted octanol–water partition coefficient (Wildman–Crippen LogP) is 3.37. The van der Waals surface area contributed by atoms with E-state index in [0.29, 0.717) is 13.2 Å². The third kappa shape index (κ3) is 3.83. The fraction of sp³-hybridized carbons (Fsp3) is 0.400. The van der Waals surface area contributed by atoms with E-state index in [1.807, 2.05) is 60.7 Å². The van der Waals surface area contributed by atoms with Gasteiger partial charge in [-0.3, -0.25) is 0 Å². The first-order chi connectivity index (χ1) is 11.8. The van der Waals surface area contributed by atoms with Crippen molar-refractivity contribution in [2.45, 2.75) is 19.4 Å². The minimum Gasteiger partial charge on any atom is -0.396 e. The quantitative estimate of drug-likeness (QED) is 0.766. The van der Waals surface area contributed by atoms with Crippen LogP contribution in [0, 0.1) is 11.3 Å². The zero-order chi connectivity index (χ0) is 16.8. The molecule has 0 spiro atoms. The second kappa shape index (κ2) is 7.88. The van der Waals surface area contributed by atoms with Crippen LogP contribution in [0.1, 0.15) is 11.1 Å². The first-order valence-corrected chi connectivity index (χ1v) is 8.24. The average Bonchev–Trinajstić information content (AvgIpc) is 3.19. The number of aliphatic hydroxyl groups is 1. The Morgan fingerprint density at radius 2 is 1.29 bits per heavy atom. The standard InChI is InChI=1S/C20H23FO3/c21-19-18(11-22)20(19,14-23-12-16-7-3-1-4-8-16)15-24-13-17-9-5-2-6-10-17/h1-10,18-19,22H,11-15H2. The number of hydrogen-bond donors (Lipinski definition) is 1. The normalized spacial score (nSPS) is 21.6. The van der Waals surface area contributed by atoms with Gasteiger partial charge in [-0.05, 0) is 11.1 Å². The maximum atomic E-state index is 14.2. The second-order valence-corrected chi connectivity index (χ2v) is 6.38. The van der Waals surface area contributed by atoms with Crippen molar-refractivity contribution in [3.63, 3.8) is 0 Å². The van der Waals surface area contributed by atoms with Crippen molar-refractivity contribution >= 4 is 0 Å². The molecular weight excluding hydrogens is 307 g/mol. The first kappa shape index (κ1) is 17.1. The first-order valence-electron chi connectivity index (χ1n) is 8.24. The number of alkyl halides is 1. The van der Waals surface area contributed by atoms with Crippen LogP contribution in [0.3, 0.4) is 0 Å². The second-order valence-electron chi connectivity index (χ2n) is 6.38. The third-order valence-corrected chi connectivity index (χ3v) is 4.69. The van der Waals surface area contributed by atoms with Crippen molar-refractivity contribution in [2.24, 2.45) is 11.3 Å². The zero-order valence-corrected chi connectivity index (χ0v) is 13.6. The number of aliphatic hydroxyl groups excluding tert-OH is 1. The van der Waals surface area contributed by atoms with Gasteiger partial charge in [0.2, 0.25) is 0 Å². The molecule has 0 aliphatic heterocycles. The van der Waals surface area contributed by atoms with Crippen molar-refractivity contribution in [3.8, 4) is 0 Å². The van der Waals surface area contributed by atoms with E-state index in [1.165, 1.54) is 0 Å². The van der Waals surface area contributed by atoms with Crippen LogP contribution >= 0.6 is 0 Å². The Morgan fingerprint density at radius 3 is 1.67 bits per heavy atom. The molecule has 1 aliphatic rings. The Balaban J connectivity index is 1.51. The molecule has 0 amide bonds. The van der Waals surface area contributed by atoms with Crippen LogP contribution in [0.5, 0.6) is 0 Å². The summed E-state index contributed by atoms with van der Waals surface area (Å²) in [5, 5.41) is 9.39. The average molecular weight is 330 g/mol. The van der Waals surface area contributed by atoms with E-state index in [-0.39, 0.29) is 19.8 Å². The lowest BCUT2D eigenvalue weighted by molar-refractivity contribution is -0.00211. The van der Waals surface area contributed by atoms with E-state index < -0.39 is 17.5 Å². The summed E-state index contributed by atoms with van der Waals surface area (Å²) in [6, 6.07) is 19.6. The molecule has 2 atom stereocenters. The highest BCUT2D eigenvalue weighted by atomic mass is 19.1. The Kier molecular flexibility index (Phi) is 5.61. The van der Waals surface area contributed by atoms with E-state index in [2.05, 4.69) is 0 Å². The van der Waals surface area contributed by atoms with Crippen LogP contribution in [0.25, 0.3) is 0 Å². The smallest absolute Gasteiger partial charge is 0.116 e. The largest absolute Gasteiger partial charge is 0.396 e. The highest BCUT2D eigenvalue weighted by molar-refractivity contribution is 5.16. The Hall–Kier alpha value is -1.75. The predicted molar refractivity (Wildman–Crippen MR) is 90.1 cm³/mol. The summed E-state index contributed by atoms with van der Waals surface area (Å²) in [5.41, 5.74) is 1.38. The maximum Gasteiger partial charge on any atom is 0.116 e. The molecule has 0 bridgehead atoms. The Labute approximate surface area is 142 Å². The number of ether oxygens (including phenoxy) is 2. The van der Waals surface area contributed by atoms with E-state index >= 15 is 0 Å². The third-order valence-electron chi connectivity index (χ3n) is 4.69. The summed E-state index contributed by atoms with van der Waals surface area (Å²) < 4.78 is 25.7. The molecule has 1 saturated carbocycles. The van der Waals surface area contributed by atoms with Gasteiger partial charge in [0.25, 0.3) is 0 Å². The van der Waals surface area contributed by atoms with E-state index in [0.717, 1.165) is 11.1 Å². The molecule has 3 rings (SSSR count). The van der Waals surface area contributed by atoms with Gasteiger partial charge in [-0.15, -0.1) is 0 Å². The fourth-order valence-corrected chi connectivity index (χ4v) is 3.08. The van der Waals surface area contributed by atoms with E-state index in [9.17, 15) is 9.50 Å². The van der Waals surface area contributed by atoms with E-state index in [4.69, 9.17) is 9.47 Å². The van der Waals surface area contributed by atoms with Crippen molar-refractivity contribution in [1.82, 2.24) is 0 Å². The molecule has 128 valence electrons. The molecule has 1 N–H and O–H groups in total. The summed E-state index contributed by atoms with van der Waals surface area (Å²) >= 11 is 0. The van der Waals surface area contributed by atoms with Crippen molar-refractivity contribution in [1.29, 1.82) is 0 Å². The Morgan fingerprint density at radius 1 is 0.833 bits per heavy atom. The summed E-state index contributed by atoms with van der Waals surface area (Å²) in [7, 11) is 0. The SMILES string of the molecule is OCC1C(F)C1(COCc1ccccc1)COCc1ccccc1. The lowest BCUT2D eigenvalue weighted by Crippen LogP contribution is -2.23. The van der Waals surface area contributed by atoms with Gasteiger partial charge in [0.1, 0.15) is 6.17 Å². The molecule has 2 aromatic rings. The minimum atomic E-state index is -1.07. The van der Waals surface area contributed by atoms with Crippen LogP contribution in [-0.2, 0) is 22.7 Å². The van der Waals surface area contributed by atoms with Crippen LogP contribution in [-0.4, -0.2) is 31.1 Å². The highest BCUT2D eigenvalue weighted by Gasteiger charge is 2.66. The molecule has 0 saturated heterocycles. The van der Waals surface area contributed by atoms with Crippen LogP contribution in [0.15, 0.2) is 60.7 Å². The van der Waals surface area contributed by atoms with Crippen LogP contribution in [0.4, 0.5) is 4.39 Å². The van der Waals surface area contributed by atoms with Gasteiger partial charge in [0.05, 0.1) is 31.8 Å².